The number of hydrogen-bond donors (Lipinski definition) is 0. The maximum atomic E-state index is 12.9. The topological polar surface area (TPSA) is 68.7 Å². The highest BCUT2D eigenvalue weighted by atomic mass is 16.5. The predicted octanol–water partition coefficient (Wildman–Crippen LogP) is 5.07. The van der Waals surface area contributed by atoms with Crippen LogP contribution in [0.15, 0.2) is 66.7 Å². The van der Waals surface area contributed by atoms with Crippen molar-refractivity contribution in [2.24, 2.45) is 0 Å². The van der Waals surface area contributed by atoms with E-state index in [2.05, 4.69) is 23.7 Å². The van der Waals surface area contributed by atoms with Gasteiger partial charge in [-0.05, 0) is 68.8 Å². The predicted molar refractivity (Wildman–Crippen MR) is 123 cm³/mol. The van der Waals surface area contributed by atoms with E-state index in [4.69, 9.17) is 9.47 Å². The van der Waals surface area contributed by atoms with Gasteiger partial charge in [-0.15, -0.1) is 0 Å². The first-order chi connectivity index (χ1) is 15.5. The summed E-state index contributed by atoms with van der Waals surface area (Å²) in [6.45, 7) is 7.87. The second-order valence-electron chi connectivity index (χ2n) is 7.39. The quantitative estimate of drug-likeness (QED) is 0.310. The van der Waals surface area contributed by atoms with Gasteiger partial charge in [0.2, 0.25) is 5.78 Å². The van der Waals surface area contributed by atoms with Crippen LogP contribution in [0.4, 0.5) is 5.69 Å². The fraction of sp³-hybridized carbons (Fsp3) is 0.192. The average molecular weight is 428 g/mol. The van der Waals surface area contributed by atoms with Crippen molar-refractivity contribution in [1.29, 1.82) is 0 Å². The summed E-state index contributed by atoms with van der Waals surface area (Å²) < 4.78 is 11.4. The Morgan fingerprint density at radius 1 is 1.03 bits per heavy atom. The zero-order chi connectivity index (χ0) is 22.7. The molecule has 162 valence electrons. The van der Waals surface area contributed by atoms with Crippen LogP contribution < -0.4 is 14.4 Å². The average Bonchev–Trinajstić information content (AvgIpc) is 3.14. The number of anilines is 1. The highest BCUT2D eigenvalue weighted by Gasteiger charge is 2.30. The summed E-state index contributed by atoms with van der Waals surface area (Å²) in [7, 11) is 0. The molecule has 4 rings (SSSR count). The minimum atomic E-state index is -0.496. The molecule has 0 aliphatic carbocycles. The molecule has 32 heavy (non-hydrogen) atoms. The van der Waals surface area contributed by atoms with Crippen LogP contribution in [-0.4, -0.2) is 29.8 Å². The van der Waals surface area contributed by atoms with Crippen LogP contribution in [0.5, 0.6) is 11.5 Å². The molecule has 0 bridgehead atoms. The number of ether oxygens (including phenoxy) is 2. The lowest BCUT2D eigenvalue weighted by molar-refractivity contribution is 0.0733. The number of Topliss-reactive ketones (excluding diaryl/α,β-unsaturated/α-hetero) is 1. The molecule has 0 radical (unpaired) electrons. The third-order valence-electron chi connectivity index (χ3n) is 5.47. The van der Waals surface area contributed by atoms with E-state index in [-0.39, 0.29) is 11.5 Å². The van der Waals surface area contributed by atoms with Crippen molar-refractivity contribution in [2.75, 3.05) is 18.0 Å². The van der Waals surface area contributed by atoms with E-state index >= 15 is 0 Å². The standard InChI is InChI=1S/C26H24N2O4/c1-4-28(5-2)20-8-6-18(7-9-20)16-23-24(29)21-10-11-22(17(3)25(21)31-23)32-26(30)19-12-14-27-15-13-19/h6-16H,4-5H2,1-3H3/b23-16-. The molecule has 2 aromatic carbocycles. The second kappa shape index (κ2) is 9.06. The van der Waals surface area contributed by atoms with Gasteiger partial charge in [0.15, 0.2) is 5.76 Å². The van der Waals surface area contributed by atoms with Gasteiger partial charge in [-0.1, -0.05) is 12.1 Å². The van der Waals surface area contributed by atoms with Crippen molar-refractivity contribution < 1.29 is 19.1 Å². The third kappa shape index (κ3) is 4.12. The van der Waals surface area contributed by atoms with Crippen molar-refractivity contribution in [2.45, 2.75) is 20.8 Å². The SMILES string of the molecule is CCN(CC)c1ccc(/C=C2\Oc3c(ccc(OC(=O)c4ccncc4)c3C)C2=O)cc1. The number of rotatable bonds is 6. The van der Waals surface area contributed by atoms with Crippen molar-refractivity contribution in [3.63, 3.8) is 0 Å². The van der Waals surface area contributed by atoms with E-state index in [0.717, 1.165) is 24.3 Å². The first-order valence-electron chi connectivity index (χ1n) is 10.6. The van der Waals surface area contributed by atoms with Crippen LogP contribution in [0.25, 0.3) is 6.08 Å². The number of aromatic nitrogens is 1. The molecule has 6 nitrogen and oxygen atoms in total. The fourth-order valence-corrected chi connectivity index (χ4v) is 3.65. The number of esters is 1. The maximum absolute atomic E-state index is 12.9. The van der Waals surface area contributed by atoms with Gasteiger partial charge >= 0.3 is 5.97 Å². The van der Waals surface area contributed by atoms with Gasteiger partial charge < -0.3 is 14.4 Å². The largest absolute Gasteiger partial charge is 0.452 e. The summed E-state index contributed by atoms with van der Waals surface area (Å²) in [6, 6.07) is 14.4. The van der Waals surface area contributed by atoms with E-state index in [1.807, 2.05) is 24.3 Å². The Hall–Kier alpha value is -3.93. The molecule has 0 amide bonds. The third-order valence-corrected chi connectivity index (χ3v) is 5.47. The van der Waals surface area contributed by atoms with Gasteiger partial charge in [0.25, 0.3) is 0 Å². The normalized spacial score (nSPS) is 13.6. The zero-order valence-electron chi connectivity index (χ0n) is 18.3. The molecule has 0 N–H and O–H groups in total. The lowest BCUT2D eigenvalue weighted by Gasteiger charge is -2.20. The number of fused-ring (bicyclic) bond motifs is 1. The van der Waals surface area contributed by atoms with Crippen LogP contribution in [0.3, 0.4) is 0 Å². The Kier molecular flexibility index (Phi) is 6.03. The lowest BCUT2D eigenvalue weighted by atomic mass is 10.1. The molecule has 6 heteroatoms. The Labute approximate surface area is 187 Å². The van der Waals surface area contributed by atoms with Crippen molar-refractivity contribution in [3.8, 4) is 11.5 Å². The molecule has 0 saturated carbocycles. The van der Waals surface area contributed by atoms with Gasteiger partial charge in [-0.2, -0.15) is 0 Å². The molecule has 0 spiro atoms. The van der Waals surface area contributed by atoms with Gasteiger partial charge in [0.1, 0.15) is 11.5 Å². The van der Waals surface area contributed by atoms with Gasteiger partial charge in [-0.3, -0.25) is 9.78 Å². The molecule has 1 aliphatic heterocycles. The highest BCUT2D eigenvalue weighted by Crippen LogP contribution is 2.39. The van der Waals surface area contributed by atoms with Crippen LogP contribution in [0.1, 0.15) is 45.7 Å². The highest BCUT2D eigenvalue weighted by molar-refractivity contribution is 6.15. The number of hydrogen-bond acceptors (Lipinski definition) is 6. The molecule has 1 aromatic heterocycles. The van der Waals surface area contributed by atoms with Crippen molar-refractivity contribution >= 4 is 23.5 Å². The van der Waals surface area contributed by atoms with E-state index in [0.29, 0.717) is 28.2 Å². The summed E-state index contributed by atoms with van der Waals surface area (Å²) in [6.07, 6.45) is 4.79. The molecular formula is C26H24N2O4. The van der Waals surface area contributed by atoms with E-state index in [9.17, 15) is 9.59 Å². The first-order valence-corrected chi connectivity index (χ1v) is 10.6. The Bertz CT molecular complexity index is 1180. The number of ketones is 1. The Balaban J connectivity index is 1.56. The number of carbonyl (C=O) groups is 2. The first kappa shape index (κ1) is 21.3. The van der Waals surface area contributed by atoms with E-state index in [1.54, 1.807) is 37.3 Å². The van der Waals surface area contributed by atoms with E-state index in [1.165, 1.54) is 12.4 Å². The summed E-state index contributed by atoms with van der Waals surface area (Å²) in [5.74, 6) is 0.326. The summed E-state index contributed by atoms with van der Waals surface area (Å²) in [5.41, 5.74) is 3.45. The number of nitrogens with zero attached hydrogens (tertiary/aromatic N) is 2. The molecule has 2 heterocycles. The van der Waals surface area contributed by atoms with Crippen molar-refractivity contribution in [1.82, 2.24) is 4.98 Å². The molecule has 0 fully saturated rings. The summed E-state index contributed by atoms with van der Waals surface area (Å²) in [5, 5.41) is 0. The molecule has 1 aliphatic rings. The summed E-state index contributed by atoms with van der Waals surface area (Å²) in [4.78, 5) is 31.4. The number of benzene rings is 2. The van der Waals surface area contributed by atoms with Crippen LogP contribution in [0.2, 0.25) is 0 Å². The maximum Gasteiger partial charge on any atom is 0.343 e. The van der Waals surface area contributed by atoms with Gasteiger partial charge in [0.05, 0.1) is 11.1 Å². The van der Waals surface area contributed by atoms with Gasteiger partial charge in [-0.25, -0.2) is 4.79 Å². The Morgan fingerprint density at radius 3 is 2.38 bits per heavy atom. The minimum Gasteiger partial charge on any atom is -0.452 e. The van der Waals surface area contributed by atoms with E-state index < -0.39 is 5.97 Å². The molecule has 0 saturated heterocycles. The molecular weight excluding hydrogens is 404 g/mol. The number of pyridine rings is 1. The van der Waals surface area contributed by atoms with Crippen LogP contribution in [0, 0.1) is 6.92 Å². The minimum absolute atomic E-state index is 0.192. The number of carbonyl (C=O) groups excluding carboxylic acids is 2. The Morgan fingerprint density at radius 2 is 1.72 bits per heavy atom. The number of allylic oxidation sites excluding steroid dienone is 1. The van der Waals surface area contributed by atoms with Gasteiger partial charge in [0, 0.05) is 36.7 Å². The smallest absolute Gasteiger partial charge is 0.343 e. The molecule has 0 atom stereocenters. The summed E-state index contributed by atoms with van der Waals surface area (Å²) >= 11 is 0. The fourth-order valence-electron chi connectivity index (χ4n) is 3.65. The zero-order valence-corrected chi connectivity index (χ0v) is 18.3. The second-order valence-corrected chi connectivity index (χ2v) is 7.39. The monoisotopic (exact) mass is 428 g/mol. The van der Waals surface area contributed by atoms with Crippen LogP contribution in [-0.2, 0) is 0 Å². The van der Waals surface area contributed by atoms with Crippen molar-refractivity contribution in [3.05, 3.63) is 88.9 Å². The molecule has 3 aromatic rings. The van der Waals surface area contributed by atoms with Crippen LogP contribution >= 0.6 is 0 Å². The lowest BCUT2D eigenvalue weighted by Crippen LogP contribution is -2.21. The molecule has 0 unspecified atom stereocenters.